The molecule has 0 saturated carbocycles. The number of fused-ring (bicyclic) bond motifs is 1. The minimum Gasteiger partial charge on any atom is -0.374 e. The number of anilines is 2. The molecule has 1 aliphatic rings. The summed E-state index contributed by atoms with van der Waals surface area (Å²) >= 11 is 6.20. The van der Waals surface area contributed by atoms with Gasteiger partial charge >= 0.3 is 0 Å². The summed E-state index contributed by atoms with van der Waals surface area (Å²) in [5, 5.41) is 12.5. The van der Waals surface area contributed by atoms with Gasteiger partial charge in [0.1, 0.15) is 0 Å². The number of carbonyl (C=O) groups excluding carboxylic acids is 1. The van der Waals surface area contributed by atoms with E-state index in [4.69, 9.17) is 16.9 Å². The number of para-hydroxylation sites is 2. The summed E-state index contributed by atoms with van der Waals surface area (Å²) in [6.07, 6.45) is 0. The fourth-order valence-corrected chi connectivity index (χ4v) is 2.59. The minimum atomic E-state index is -0.00544. The summed E-state index contributed by atoms with van der Waals surface area (Å²) in [5.74, 6) is -0.00544. The monoisotopic (exact) mass is 297 g/mol. The normalized spacial score (nSPS) is 13.3. The number of benzene rings is 2. The van der Waals surface area contributed by atoms with Gasteiger partial charge in [0, 0.05) is 5.02 Å². The molecule has 3 rings (SSSR count). The van der Waals surface area contributed by atoms with Crippen molar-refractivity contribution in [3.8, 4) is 6.07 Å². The van der Waals surface area contributed by atoms with Crippen LogP contribution in [0.25, 0.3) is 0 Å². The summed E-state index contributed by atoms with van der Waals surface area (Å²) < 4.78 is 0. The molecule has 0 aliphatic carbocycles. The number of nitriles is 1. The molecular weight excluding hydrogens is 286 g/mol. The van der Waals surface area contributed by atoms with Crippen LogP contribution in [-0.2, 0) is 11.3 Å². The molecule has 0 atom stereocenters. The Bertz CT molecular complexity index is 751. The lowest BCUT2D eigenvalue weighted by Gasteiger charge is -2.30. The third kappa shape index (κ3) is 2.56. The molecule has 0 aromatic heterocycles. The van der Waals surface area contributed by atoms with Crippen molar-refractivity contribution in [3.05, 3.63) is 58.6 Å². The first-order chi connectivity index (χ1) is 10.2. The molecule has 2 aromatic rings. The van der Waals surface area contributed by atoms with E-state index in [1.807, 2.05) is 30.3 Å². The molecule has 1 heterocycles. The van der Waals surface area contributed by atoms with Gasteiger partial charge in [-0.3, -0.25) is 4.79 Å². The predicted octanol–water partition coefficient (Wildman–Crippen LogP) is 3.17. The van der Waals surface area contributed by atoms with Crippen LogP contribution in [0.3, 0.4) is 0 Å². The predicted molar refractivity (Wildman–Crippen MR) is 82.3 cm³/mol. The highest BCUT2D eigenvalue weighted by Gasteiger charge is 2.24. The van der Waals surface area contributed by atoms with Crippen LogP contribution in [-0.4, -0.2) is 12.5 Å². The second kappa shape index (κ2) is 5.47. The van der Waals surface area contributed by atoms with E-state index in [0.29, 0.717) is 17.1 Å². The molecule has 0 unspecified atom stereocenters. The van der Waals surface area contributed by atoms with Crippen molar-refractivity contribution < 1.29 is 4.79 Å². The molecule has 0 bridgehead atoms. The average Bonchev–Trinajstić information content (AvgIpc) is 2.51. The van der Waals surface area contributed by atoms with Crippen molar-refractivity contribution in [2.75, 3.05) is 16.8 Å². The van der Waals surface area contributed by atoms with Crippen molar-refractivity contribution in [2.24, 2.45) is 0 Å². The molecule has 4 nitrogen and oxygen atoms in total. The van der Waals surface area contributed by atoms with Crippen LogP contribution in [0.2, 0.25) is 5.02 Å². The fraction of sp³-hybridized carbons (Fsp3) is 0.125. The number of nitrogens with one attached hydrogen (secondary N) is 1. The second-order valence-corrected chi connectivity index (χ2v) is 5.18. The molecule has 2 aromatic carbocycles. The van der Waals surface area contributed by atoms with Crippen molar-refractivity contribution in [3.63, 3.8) is 0 Å². The number of halogens is 1. The number of hydrogen-bond donors (Lipinski definition) is 1. The fourth-order valence-electron chi connectivity index (χ4n) is 2.35. The van der Waals surface area contributed by atoms with Crippen LogP contribution < -0.4 is 10.2 Å². The maximum Gasteiger partial charge on any atom is 0.246 e. The van der Waals surface area contributed by atoms with Gasteiger partial charge in [0.25, 0.3) is 0 Å². The van der Waals surface area contributed by atoms with Gasteiger partial charge in [0.15, 0.2) is 0 Å². The Kier molecular flexibility index (Phi) is 3.51. The van der Waals surface area contributed by atoms with Gasteiger partial charge in [0.05, 0.1) is 36.1 Å². The maximum absolute atomic E-state index is 12.2. The Morgan fingerprint density at radius 3 is 2.86 bits per heavy atom. The third-order valence-electron chi connectivity index (χ3n) is 3.44. The summed E-state index contributed by atoms with van der Waals surface area (Å²) in [6, 6.07) is 14.8. The number of rotatable bonds is 2. The van der Waals surface area contributed by atoms with Crippen LogP contribution in [0.1, 0.15) is 11.1 Å². The first kappa shape index (κ1) is 13.5. The summed E-state index contributed by atoms with van der Waals surface area (Å²) in [4.78, 5) is 13.9. The van der Waals surface area contributed by atoms with Gasteiger partial charge in [-0.15, -0.1) is 0 Å². The van der Waals surface area contributed by atoms with Gasteiger partial charge in [0.2, 0.25) is 5.91 Å². The van der Waals surface area contributed by atoms with Crippen LogP contribution in [0, 0.1) is 11.3 Å². The third-order valence-corrected chi connectivity index (χ3v) is 3.79. The molecular formula is C16H12ClN3O. The van der Waals surface area contributed by atoms with Crippen LogP contribution in [0.15, 0.2) is 42.5 Å². The Morgan fingerprint density at radius 1 is 1.29 bits per heavy atom. The van der Waals surface area contributed by atoms with E-state index in [2.05, 4.69) is 5.32 Å². The summed E-state index contributed by atoms with van der Waals surface area (Å²) in [5.41, 5.74) is 3.10. The zero-order valence-corrected chi connectivity index (χ0v) is 11.9. The summed E-state index contributed by atoms with van der Waals surface area (Å²) in [6.45, 7) is 0.660. The molecule has 0 saturated heterocycles. The molecule has 1 aliphatic heterocycles. The number of carbonyl (C=O) groups is 1. The first-order valence-electron chi connectivity index (χ1n) is 6.51. The SMILES string of the molecule is N#Cc1ccc(CN2C(=O)CNc3ccccc32)c(Cl)c1. The molecule has 0 spiro atoms. The summed E-state index contributed by atoms with van der Waals surface area (Å²) in [7, 11) is 0. The first-order valence-corrected chi connectivity index (χ1v) is 6.88. The molecule has 5 heteroatoms. The minimum absolute atomic E-state index is 0.00544. The zero-order chi connectivity index (χ0) is 14.8. The smallest absolute Gasteiger partial charge is 0.246 e. The van der Waals surface area contributed by atoms with E-state index in [1.54, 1.807) is 23.1 Å². The Morgan fingerprint density at radius 2 is 2.10 bits per heavy atom. The van der Waals surface area contributed by atoms with Crippen molar-refractivity contribution in [1.82, 2.24) is 0 Å². The largest absolute Gasteiger partial charge is 0.374 e. The van der Waals surface area contributed by atoms with Crippen molar-refractivity contribution in [1.29, 1.82) is 5.26 Å². The number of hydrogen-bond acceptors (Lipinski definition) is 3. The molecule has 1 amide bonds. The Hall–Kier alpha value is -2.51. The Balaban J connectivity index is 1.95. The molecule has 0 fully saturated rings. The van der Waals surface area contributed by atoms with Gasteiger partial charge in [-0.05, 0) is 29.8 Å². The van der Waals surface area contributed by atoms with E-state index >= 15 is 0 Å². The zero-order valence-electron chi connectivity index (χ0n) is 11.1. The van der Waals surface area contributed by atoms with Crippen molar-refractivity contribution in [2.45, 2.75) is 6.54 Å². The van der Waals surface area contributed by atoms with Gasteiger partial charge in [-0.25, -0.2) is 0 Å². The highest BCUT2D eigenvalue weighted by Crippen LogP contribution is 2.31. The lowest BCUT2D eigenvalue weighted by molar-refractivity contribution is -0.117. The number of amides is 1. The van der Waals surface area contributed by atoms with Gasteiger partial charge in [-0.2, -0.15) is 5.26 Å². The van der Waals surface area contributed by atoms with Crippen LogP contribution in [0.5, 0.6) is 0 Å². The molecule has 21 heavy (non-hydrogen) atoms. The van der Waals surface area contributed by atoms with Crippen molar-refractivity contribution >= 4 is 28.9 Å². The average molecular weight is 298 g/mol. The van der Waals surface area contributed by atoms with E-state index < -0.39 is 0 Å². The standard InChI is InChI=1S/C16H12ClN3O/c17-13-7-11(8-18)5-6-12(13)10-20-15-4-2-1-3-14(15)19-9-16(20)21/h1-7,19H,9-10H2. The molecule has 1 N–H and O–H groups in total. The highest BCUT2D eigenvalue weighted by atomic mass is 35.5. The lowest BCUT2D eigenvalue weighted by atomic mass is 10.1. The second-order valence-electron chi connectivity index (χ2n) is 4.77. The topological polar surface area (TPSA) is 56.1 Å². The molecule has 104 valence electrons. The Labute approximate surface area is 127 Å². The highest BCUT2D eigenvalue weighted by molar-refractivity contribution is 6.31. The van der Waals surface area contributed by atoms with E-state index in [9.17, 15) is 4.79 Å². The van der Waals surface area contributed by atoms with Crippen LogP contribution in [0.4, 0.5) is 11.4 Å². The van der Waals surface area contributed by atoms with Gasteiger partial charge in [-0.1, -0.05) is 29.8 Å². The number of nitrogens with zero attached hydrogens (tertiary/aromatic N) is 2. The lowest BCUT2D eigenvalue weighted by Crippen LogP contribution is -2.39. The van der Waals surface area contributed by atoms with E-state index in [1.165, 1.54) is 0 Å². The molecule has 0 radical (unpaired) electrons. The van der Waals surface area contributed by atoms with E-state index in [-0.39, 0.29) is 12.5 Å². The van der Waals surface area contributed by atoms with E-state index in [0.717, 1.165) is 16.9 Å². The quantitative estimate of drug-likeness (QED) is 0.926. The maximum atomic E-state index is 12.2. The van der Waals surface area contributed by atoms with Gasteiger partial charge < -0.3 is 10.2 Å². The van der Waals surface area contributed by atoms with Crippen LogP contribution >= 0.6 is 11.6 Å².